The number of nitrogens with one attached hydrogen (secondary N) is 1. The molecule has 2 aliphatic rings. The smallest absolute Gasteiger partial charge is 0.321 e. The van der Waals surface area contributed by atoms with Gasteiger partial charge in [0.1, 0.15) is 28.8 Å². The highest BCUT2D eigenvalue weighted by Crippen LogP contribution is 2.39. The molecule has 2 amide bonds. The van der Waals surface area contributed by atoms with Crippen LogP contribution in [0, 0.1) is 5.82 Å². The fraction of sp³-hybridized carbons (Fsp3) is 0.200. The Balaban J connectivity index is 1.36. The van der Waals surface area contributed by atoms with Crippen LogP contribution in [0.5, 0.6) is 17.2 Å². The molecule has 0 aliphatic carbocycles. The molecule has 1 N–H and O–H groups in total. The Morgan fingerprint density at radius 3 is 2.52 bits per heavy atom. The summed E-state index contributed by atoms with van der Waals surface area (Å²) in [6.07, 6.45) is 0. The lowest BCUT2D eigenvalue weighted by molar-refractivity contribution is 0.181. The van der Waals surface area contributed by atoms with E-state index in [9.17, 15) is 9.18 Å². The number of urea groups is 1. The molecule has 0 radical (unpaired) electrons. The van der Waals surface area contributed by atoms with Gasteiger partial charge in [-0.2, -0.15) is 0 Å². The lowest BCUT2D eigenvalue weighted by Crippen LogP contribution is -2.51. The maximum Gasteiger partial charge on any atom is 0.321 e. The van der Waals surface area contributed by atoms with E-state index in [4.69, 9.17) is 14.5 Å². The van der Waals surface area contributed by atoms with Crippen molar-refractivity contribution < 1.29 is 18.7 Å². The number of para-hydroxylation sites is 2. The highest BCUT2D eigenvalue weighted by atomic mass is 19.1. The van der Waals surface area contributed by atoms with Crippen molar-refractivity contribution in [1.82, 2.24) is 9.80 Å². The summed E-state index contributed by atoms with van der Waals surface area (Å²) in [7, 11) is 1.63. The molecule has 3 aromatic carbocycles. The van der Waals surface area contributed by atoms with Crippen LogP contribution in [0.1, 0.15) is 5.56 Å². The molecule has 0 bridgehead atoms. The molecule has 168 valence electrons. The lowest BCUT2D eigenvalue weighted by Gasteiger charge is -2.36. The minimum absolute atomic E-state index is 0.209. The summed E-state index contributed by atoms with van der Waals surface area (Å²) in [6.45, 7) is 2.25. The number of anilines is 1. The van der Waals surface area contributed by atoms with Gasteiger partial charge in [0.15, 0.2) is 5.75 Å². The molecule has 0 saturated carbocycles. The first kappa shape index (κ1) is 20.8. The maximum absolute atomic E-state index is 13.1. The van der Waals surface area contributed by atoms with E-state index >= 15 is 0 Å². The normalized spacial score (nSPS) is 14.9. The second kappa shape index (κ2) is 8.82. The van der Waals surface area contributed by atoms with Crippen molar-refractivity contribution in [1.29, 1.82) is 0 Å². The van der Waals surface area contributed by atoms with Crippen LogP contribution < -0.4 is 14.8 Å². The molecule has 0 spiro atoms. The number of nitrogens with zero attached hydrogens (tertiary/aromatic N) is 3. The molecule has 0 unspecified atom stereocenters. The third-order valence-electron chi connectivity index (χ3n) is 5.70. The van der Waals surface area contributed by atoms with E-state index in [0.29, 0.717) is 49.1 Å². The van der Waals surface area contributed by atoms with Crippen molar-refractivity contribution in [2.24, 2.45) is 4.99 Å². The van der Waals surface area contributed by atoms with Crippen LogP contribution in [0.4, 0.5) is 20.6 Å². The summed E-state index contributed by atoms with van der Waals surface area (Å²) in [5, 5.41) is 2.82. The third kappa shape index (κ3) is 4.32. The number of amides is 2. The quantitative estimate of drug-likeness (QED) is 0.610. The summed E-state index contributed by atoms with van der Waals surface area (Å²) < 4.78 is 24.7. The van der Waals surface area contributed by atoms with Gasteiger partial charge in [-0.3, -0.25) is 0 Å². The van der Waals surface area contributed by atoms with Crippen molar-refractivity contribution in [3.63, 3.8) is 0 Å². The predicted octanol–water partition coefficient (Wildman–Crippen LogP) is 4.87. The van der Waals surface area contributed by atoms with E-state index in [1.165, 1.54) is 12.1 Å². The van der Waals surface area contributed by atoms with Crippen molar-refractivity contribution in [3.05, 3.63) is 78.1 Å². The first-order valence-corrected chi connectivity index (χ1v) is 10.7. The van der Waals surface area contributed by atoms with Gasteiger partial charge in [0.2, 0.25) is 0 Å². The zero-order valence-corrected chi connectivity index (χ0v) is 18.1. The first-order chi connectivity index (χ1) is 16.1. The van der Waals surface area contributed by atoms with E-state index in [2.05, 4.69) is 10.2 Å². The number of piperazine rings is 1. The van der Waals surface area contributed by atoms with Gasteiger partial charge in [-0.1, -0.05) is 12.1 Å². The van der Waals surface area contributed by atoms with Gasteiger partial charge < -0.3 is 24.6 Å². The molecule has 2 heterocycles. The van der Waals surface area contributed by atoms with Gasteiger partial charge in [-0.15, -0.1) is 0 Å². The van der Waals surface area contributed by atoms with Gasteiger partial charge >= 0.3 is 6.03 Å². The Labute approximate surface area is 191 Å². The van der Waals surface area contributed by atoms with Crippen molar-refractivity contribution in [3.8, 4) is 17.2 Å². The summed E-state index contributed by atoms with van der Waals surface area (Å²) in [6, 6.07) is 18.9. The Hall–Kier alpha value is -4.07. The molecule has 5 rings (SSSR count). The van der Waals surface area contributed by atoms with Crippen LogP contribution >= 0.6 is 0 Å². The monoisotopic (exact) mass is 446 g/mol. The lowest BCUT2D eigenvalue weighted by atomic mass is 10.1. The maximum atomic E-state index is 13.1. The number of carbonyl (C=O) groups excluding carboxylic acids is 1. The van der Waals surface area contributed by atoms with Gasteiger partial charge in [0.25, 0.3) is 0 Å². The van der Waals surface area contributed by atoms with Gasteiger partial charge in [-0.05, 0) is 54.6 Å². The number of hydrogen-bond donors (Lipinski definition) is 1. The molecule has 7 nitrogen and oxygen atoms in total. The van der Waals surface area contributed by atoms with Gasteiger partial charge in [0.05, 0.1) is 12.7 Å². The highest BCUT2D eigenvalue weighted by molar-refractivity contribution is 6.04. The van der Waals surface area contributed by atoms with Crippen molar-refractivity contribution >= 4 is 23.2 Å². The molecular formula is C25H23FN4O3. The summed E-state index contributed by atoms with van der Waals surface area (Å²) >= 11 is 0. The van der Waals surface area contributed by atoms with Crippen molar-refractivity contribution in [2.45, 2.75) is 0 Å². The minimum atomic E-state index is -0.340. The molecular weight excluding hydrogens is 423 g/mol. The van der Waals surface area contributed by atoms with Crippen LogP contribution in [0.25, 0.3) is 0 Å². The molecule has 1 fully saturated rings. The van der Waals surface area contributed by atoms with Crippen LogP contribution in [0.3, 0.4) is 0 Å². The predicted molar refractivity (Wildman–Crippen MR) is 124 cm³/mol. The topological polar surface area (TPSA) is 66.4 Å². The molecule has 0 atom stereocenters. The molecule has 33 heavy (non-hydrogen) atoms. The number of benzene rings is 3. The fourth-order valence-corrected chi connectivity index (χ4v) is 3.93. The van der Waals surface area contributed by atoms with E-state index in [1.807, 2.05) is 42.5 Å². The number of fused-ring (bicyclic) bond motifs is 2. The van der Waals surface area contributed by atoms with Crippen LogP contribution in [-0.2, 0) is 0 Å². The number of hydrogen-bond acceptors (Lipinski definition) is 5. The minimum Gasteiger partial charge on any atom is -0.497 e. The number of halogens is 1. The fourth-order valence-electron chi connectivity index (χ4n) is 3.93. The summed E-state index contributed by atoms with van der Waals surface area (Å²) in [4.78, 5) is 21.5. The van der Waals surface area contributed by atoms with Gasteiger partial charge in [-0.25, -0.2) is 14.2 Å². The number of carbonyl (C=O) groups is 1. The van der Waals surface area contributed by atoms with Crippen LogP contribution in [-0.4, -0.2) is 55.0 Å². The number of aliphatic imine (C=N–C) groups is 1. The number of ether oxygens (including phenoxy) is 2. The zero-order valence-electron chi connectivity index (χ0n) is 18.1. The number of rotatable bonds is 2. The molecule has 1 saturated heterocycles. The first-order valence-electron chi connectivity index (χ1n) is 10.7. The highest BCUT2D eigenvalue weighted by Gasteiger charge is 2.28. The summed E-state index contributed by atoms with van der Waals surface area (Å²) in [5.74, 6) is 2.56. The van der Waals surface area contributed by atoms with Gasteiger partial charge in [0, 0.05) is 31.9 Å². The number of methoxy groups -OCH3 is 1. The Bertz CT molecular complexity index is 1200. The third-order valence-corrected chi connectivity index (χ3v) is 5.70. The molecule has 8 heteroatoms. The second-order valence-corrected chi connectivity index (χ2v) is 7.78. The Morgan fingerprint density at radius 1 is 1.00 bits per heavy atom. The standard InChI is InChI=1S/C25H23FN4O3/c1-32-19-10-11-22-20(16-19)24(28-21-4-2-3-5-23(21)33-22)29-12-14-30(15-13-29)25(31)27-18-8-6-17(26)7-9-18/h2-11,16H,12-15H2,1H3,(H,27,31). The van der Waals surface area contributed by atoms with E-state index in [0.717, 1.165) is 17.1 Å². The zero-order chi connectivity index (χ0) is 22.8. The van der Waals surface area contributed by atoms with Crippen molar-refractivity contribution in [2.75, 3.05) is 38.6 Å². The van der Waals surface area contributed by atoms with Crippen LogP contribution in [0.15, 0.2) is 71.7 Å². The van der Waals surface area contributed by atoms with E-state index in [-0.39, 0.29) is 11.8 Å². The SMILES string of the molecule is COc1ccc2c(c1)C(N1CCN(C(=O)Nc3ccc(F)cc3)CC1)=Nc1ccccc1O2. The Kier molecular flexibility index (Phi) is 5.56. The Morgan fingerprint density at radius 2 is 1.76 bits per heavy atom. The van der Waals surface area contributed by atoms with Crippen LogP contribution in [0.2, 0.25) is 0 Å². The average Bonchev–Trinajstić information content (AvgIpc) is 3.01. The molecule has 3 aromatic rings. The summed E-state index contributed by atoms with van der Waals surface area (Å²) in [5.41, 5.74) is 2.15. The average molecular weight is 446 g/mol. The van der Waals surface area contributed by atoms with E-state index in [1.54, 1.807) is 24.1 Å². The molecule has 0 aromatic heterocycles. The second-order valence-electron chi connectivity index (χ2n) is 7.78. The van der Waals surface area contributed by atoms with E-state index < -0.39 is 0 Å². The molecule has 2 aliphatic heterocycles. The largest absolute Gasteiger partial charge is 0.497 e. The number of amidine groups is 1.